The number of carboxylic acid groups (broad SMARTS) is 1. The van der Waals surface area contributed by atoms with Gasteiger partial charge in [-0.05, 0) is 38.1 Å². The number of hydrogen-bond acceptors (Lipinski definition) is 2. The third kappa shape index (κ3) is 0.829. The Labute approximate surface area is 72.2 Å². The molecule has 0 heterocycles. The predicted molar refractivity (Wildman–Crippen MR) is 44.9 cm³/mol. The molecular weight excluding hydrogens is 154 g/mol. The molecule has 68 valence electrons. The quantitative estimate of drug-likeness (QED) is 0.644. The Hall–Kier alpha value is -0.570. The highest BCUT2D eigenvalue weighted by Crippen LogP contribution is 2.50. The van der Waals surface area contributed by atoms with Gasteiger partial charge in [-0.15, -0.1) is 0 Å². The number of carbonyl (C=O) groups is 1. The molecule has 0 aliphatic heterocycles. The molecule has 2 fully saturated rings. The maximum atomic E-state index is 11.1. The monoisotopic (exact) mass is 169 g/mol. The lowest BCUT2D eigenvalue weighted by Crippen LogP contribution is -2.54. The smallest absolute Gasteiger partial charge is 0.324 e. The second-order valence-corrected chi connectivity index (χ2v) is 4.11. The highest BCUT2D eigenvalue weighted by atomic mass is 16.4. The van der Waals surface area contributed by atoms with Gasteiger partial charge in [0.1, 0.15) is 5.54 Å². The van der Waals surface area contributed by atoms with E-state index in [4.69, 9.17) is 5.11 Å². The Balaban J connectivity index is 2.25. The lowest BCUT2D eigenvalue weighted by molar-refractivity contribution is -0.147. The molecule has 2 aliphatic rings. The maximum Gasteiger partial charge on any atom is 0.324 e. The first-order valence-corrected chi connectivity index (χ1v) is 4.61. The first kappa shape index (κ1) is 8.05. The van der Waals surface area contributed by atoms with Crippen LogP contribution in [0.2, 0.25) is 0 Å². The second kappa shape index (κ2) is 2.46. The third-order valence-electron chi connectivity index (χ3n) is 3.68. The number of likely N-dealkylation sites (N-methyl/N-ethyl adjacent to an activating group) is 1. The molecule has 3 nitrogen and oxygen atoms in total. The molecule has 2 bridgehead atoms. The van der Waals surface area contributed by atoms with Crippen LogP contribution >= 0.6 is 0 Å². The minimum atomic E-state index is -0.655. The molecule has 0 spiro atoms. The highest BCUT2D eigenvalue weighted by molar-refractivity contribution is 5.80. The topological polar surface area (TPSA) is 49.3 Å². The summed E-state index contributed by atoms with van der Waals surface area (Å²) in [5.41, 5.74) is -0.580. The molecule has 0 aromatic carbocycles. The number of carboxylic acids is 1. The van der Waals surface area contributed by atoms with Gasteiger partial charge >= 0.3 is 5.97 Å². The van der Waals surface area contributed by atoms with Crippen LogP contribution in [0, 0.1) is 11.8 Å². The third-order valence-corrected chi connectivity index (χ3v) is 3.68. The van der Waals surface area contributed by atoms with Gasteiger partial charge in [0.15, 0.2) is 0 Å². The Kier molecular flexibility index (Phi) is 1.65. The fourth-order valence-corrected chi connectivity index (χ4v) is 3.00. The second-order valence-electron chi connectivity index (χ2n) is 4.11. The van der Waals surface area contributed by atoms with Crippen LogP contribution in [-0.4, -0.2) is 23.7 Å². The minimum Gasteiger partial charge on any atom is -0.480 e. The summed E-state index contributed by atoms with van der Waals surface area (Å²) in [7, 11) is 1.77. The van der Waals surface area contributed by atoms with Crippen LogP contribution in [-0.2, 0) is 4.79 Å². The molecule has 0 amide bonds. The zero-order valence-electron chi connectivity index (χ0n) is 7.34. The Morgan fingerprint density at radius 1 is 1.58 bits per heavy atom. The summed E-state index contributed by atoms with van der Waals surface area (Å²) >= 11 is 0. The van der Waals surface area contributed by atoms with E-state index in [1.54, 1.807) is 7.05 Å². The van der Waals surface area contributed by atoms with Crippen LogP contribution in [0.15, 0.2) is 0 Å². The normalized spacial score (nSPS) is 45.1. The highest BCUT2D eigenvalue weighted by Gasteiger charge is 2.54. The number of aliphatic carboxylic acids is 1. The van der Waals surface area contributed by atoms with Crippen molar-refractivity contribution in [3.63, 3.8) is 0 Å². The lowest BCUT2D eigenvalue weighted by Gasteiger charge is -2.32. The number of fused-ring (bicyclic) bond motifs is 2. The summed E-state index contributed by atoms with van der Waals surface area (Å²) in [6, 6.07) is 0. The van der Waals surface area contributed by atoms with Gasteiger partial charge in [-0.2, -0.15) is 0 Å². The van der Waals surface area contributed by atoms with E-state index in [1.807, 2.05) is 0 Å². The summed E-state index contributed by atoms with van der Waals surface area (Å²) in [6.07, 6.45) is 4.29. The van der Waals surface area contributed by atoms with Crippen LogP contribution in [0.1, 0.15) is 25.7 Å². The maximum absolute atomic E-state index is 11.1. The first-order chi connectivity index (χ1) is 5.69. The van der Waals surface area contributed by atoms with Gasteiger partial charge in [0.25, 0.3) is 0 Å². The van der Waals surface area contributed by atoms with E-state index in [0.717, 1.165) is 19.3 Å². The van der Waals surface area contributed by atoms with Gasteiger partial charge in [0, 0.05) is 0 Å². The van der Waals surface area contributed by atoms with E-state index in [9.17, 15) is 4.79 Å². The summed E-state index contributed by atoms with van der Waals surface area (Å²) in [4.78, 5) is 11.1. The first-order valence-electron chi connectivity index (χ1n) is 4.61. The average Bonchev–Trinajstić information content (AvgIpc) is 2.62. The van der Waals surface area contributed by atoms with Crippen LogP contribution in [0.3, 0.4) is 0 Å². The molecule has 0 saturated heterocycles. The number of hydrogen-bond donors (Lipinski definition) is 2. The fraction of sp³-hybridized carbons (Fsp3) is 0.889. The standard InChI is InChI=1S/C9H15NO2/c1-10-9(8(11)12)5-6-2-3-7(9)4-6/h6-7,10H,2-5H2,1H3,(H,11,12). The minimum absolute atomic E-state index is 0.380. The van der Waals surface area contributed by atoms with E-state index in [0.29, 0.717) is 11.8 Å². The average molecular weight is 169 g/mol. The van der Waals surface area contributed by atoms with Gasteiger partial charge in [-0.25, -0.2) is 0 Å². The Bertz CT molecular complexity index is 217. The number of rotatable bonds is 2. The Morgan fingerprint density at radius 3 is 2.58 bits per heavy atom. The van der Waals surface area contributed by atoms with Gasteiger partial charge in [-0.3, -0.25) is 4.79 Å². The van der Waals surface area contributed by atoms with Crippen molar-refractivity contribution in [3.05, 3.63) is 0 Å². The van der Waals surface area contributed by atoms with E-state index >= 15 is 0 Å². The molecule has 0 aromatic heterocycles. The zero-order valence-corrected chi connectivity index (χ0v) is 7.34. The van der Waals surface area contributed by atoms with Crippen LogP contribution in [0.5, 0.6) is 0 Å². The van der Waals surface area contributed by atoms with Crippen molar-refractivity contribution in [2.45, 2.75) is 31.2 Å². The van der Waals surface area contributed by atoms with Crippen molar-refractivity contribution in [1.82, 2.24) is 5.32 Å². The largest absolute Gasteiger partial charge is 0.480 e. The molecule has 2 rings (SSSR count). The van der Waals surface area contributed by atoms with Crippen LogP contribution in [0.4, 0.5) is 0 Å². The van der Waals surface area contributed by atoms with E-state index in [-0.39, 0.29) is 0 Å². The molecule has 0 radical (unpaired) electrons. The van der Waals surface area contributed by atoms with Crippen molar-refractivity contribution in [2.24, 2.45) is 11.8 Å². The molecule has 2 saturated carbocycles. The molecular formula is C9H15NO2. The van der Waals surface area contributed by atoms with E-state index < -0.39 is 11.5 Å². The van der Waals surface area contributed by atoms with Crippen LogP contribution < -0.4 is 5.32 Å². The summed E-state index contributed by atoms with van der Waals surface area (Å²) < 4.78 is 0. The zero-order chi connectivity index (χ0) is 8.77. The SMILES string of the molecule is CNC1(C(=O)O)CC2CCC1C2. The summed E-state index contributed by atoms with van der Waals surface area (Å²) in [5.74, 6) is 0.390. The van der Waals surface area contributed by atoms with Gasteiger partial charge < -0.3 is 10.4 Å². The predicted octanol–water partition coefficient (Wildman–Crippen LogP) is 0.849. The van der Waals surface area contributed by atoms with E-state index in [2.05, 4.69) is 5.32 Å². The molecule has 12 heavy (non-hydrogen) atoms. The van der Waals surface area contributed by atoms with Crippen LogP contribution in [0.25, 0.3) is 0 Å². The molecule has 0 aromatic rings. The molecule has 3 heteroatoms. The molecule has 3 unspecified atom stereocenters. The van der Waals surface area contributed by atoms with Crippen molar-refractivity contribution in [2.75, 3.05) is 7.05 Å². The van der Waals surface area contributed by atoms with Crippen molar-refractivity contribution in [1.29, 1.82) is 0 Å². The van der Waals surface area contributed by atoms with Crippen molar-refractivity contribution in [3.8, 4) is 0 Å². The van der Waals surface area contributed by atoms with E-state index in [1.165, 1.54) is 6.42 Å². The molecule has 2 N–H and O–H groups in total. The molecule has 3 atom stereocenters. The van der Waals surface area contributed by atoms with Gasteiger partial charge in [0.05, 0.1) is 0 Å². The van der Waals surface area contributed by atoms with Gasteiger partial charge in [-0.1, -0.05) is 6.42 Å². The molecule has 2 aliphatic carbocycles. The lowest BCUT2D eigenvalue weighted by atomic mass is 9.81. The van der Waals surface area contributed by atoms with Crippen molar-refractivity contribution >= 4 is 5.97 Å². The summed E-state index contributed by atoms with van der Waals surface area (Å²) in [6.45, 7) is 0. The fourth-order valence-electron chi connectivity index (χ4n) is 3.00. The Morgan fingerprint density at radius 2 is 2.33 bits per heavy atom. The number of nitrogens with one attached hydrogen (secondary N) is 1. The van der Waals surface area contributed by atoms with Gasteiger partial charge in [0.2, 0.25) is 0 Å². The van der Waals surface area contributed by atoms with Crippen molar-refractivity contribution < 1.29 is 9.90 Å². The summed E-state index contributed by atoms with van der Waals surface area (Å²) in [5, 5.41) is 12.1.